The average molecular weight is 274 g/mol. The van der Waals surface area contributed by atoms with Gasteiger partial charge in [-0.05, 0) is 44.7 Å². The van der Waals surface area contributed by atoms with E-state index >= 15 is 0 Å². The fourth-order valence-corrected chi connectivity index (χ4v) is 1.91. The van der Waals surface area contributed by atoms with Crippen molar-refractivity contribution in [3.63, 3.8) is 0 Å². The highest BCUT2D eigenvalue weighted by molar-refractivity contribution is 6.15. The highest BCUT2D eigenvalue weighted by Crippen LogP contribution is 2.19. The summed E-state index contributed by atoms with van der Waals surface area (Å²) < 4.78 is 5.33. The van der Waals surface area contributed by atoms with E-state index in [0.29, 0.717) is 5.57 Å². The van der Waals surface area contributed by atoms with Crippen LogP contribution in [0.1, 0.15) is 58.1 Å². The number of carbonyl (C=O) groups excluding carboxylic acids is 1. The van der Waals surface area contributed by atoms with Crippen molar-refractivity contribution in [2.75, 3.05) is 0 Å². The number of hydrogen-bond acceptors (Lipinski definition) is 2. The second-order valence-corrected chi connectivity index (χ2v) is 6.13. The van der Waals surface area contributed by atoms with Gasteiger partial charge in [0.2, 0.25) is 0 Å². The topological polar surface area (TPSA) is 26.3 Å². The quantitative estimate of drug-likeness (QED) is 0.424. The lowest BCUT2D eigenvalue weighted by atomic mass is 10.0. The molecule has 0 atom stereocenters. The molecule has 0 saturated carbocycles. The second-order valence-electron chi connectivity index (χ2n) is 6.13. The smallest absolute Gasteiger partial charge is 0.338 e. The van der Waals surface area contributed by atoms with E-state index in [9.17, 15) is 4.79 Å². The first-order valence-electron chi connectivity index (χ1n) is 7.35. The minimum atomic E-state index is -0.486. The lowest BCUT2D eigenvalue weighted by Crippen LogP contribution is -2.24. The Labute approximate surface area is 122 Å². The zero-order chi connectivity index (χ0) is 15.2. The van der Waals surface area contributed by atoms with Gasteiger partial charge in [0.25, 0.3) is 0 Å². The van der Waals surface area contributed by atoms with E-state index in [1.165, 1.54) is 24.8 Å². The number of aryl methyl sites for hydroxylation is 1. The number of carbonyl (C=O) groups is 1. The summed E-state index contributed by atoms with van der Waals surface area (Å²) in [6, 6.07) is 8.04. The monoisotopic (exact) mass is 274 g/mol. The molecule has 0 heterocycles. The Morgan fingerprint density at radius 1 is 1.15 bits per heavy atom. The van der Waals surface area contributed by atoms with Gasteiger partial charge in [0.05, 0.1) is 5.57 Å². The molecule has 20 heavy (non-hydrogen) atoms. The highest BCUT2D eigenvalue weighted by Gasteiger charge is 2.19. The van der Waals surface area contributed by atoms with E-state index in [-0.39, 0.29) is 5.97 Å². The van der Waals surface area contributed by atoms with Crippen molar-refractivity contribution >= 4 is 11.5 Å². The molecular weight excluding hydrogens is 248 g/mol. The molecule has 0 N–H and O–H groups in total. The molecule has 0 aliphatic rings. The van der Waals surface area contributed by atoms with Crippen LogP contribution in [0.25, 0.3) is 5.57 Å². The summed E-state index contributed by atoms with van der Waals surface area (Å²) in [5.41, 5.74) is 2.07. The maximum absolute atomic E-state index is 11.9. The largest absolute Gasteiger partial charge is 0.456 e. The molecular formula is C18H26O2. The fourth-order valence-electron chi connectivity index (χ4n) is 1.91. The van der Waals surface area contributed by atoms with Gasteiger partial charge in [0, 0.05) is 0 Å². The van der Waals surface area contributed by atoms with E-state index < -0.39 is 5.60 Å². The van der Waals surface area contributed by atoms with E-state index in [1.54, 1.807) is 0 Å². The van der Waals surface area contributed by atoms with Crippen molar-refractivity contribution in [3.8, 4) is 0 Å². The predicted molar refractivity (Wildman–Crippen MR) is 84.6 cm³/mol. The Morgan fingerprint density at radius 3 is 2.25 bits per heavy atom. The van der Waals surface area contributed by atoms with Crippen LogP contribution < -0.4 is 0 Å². The predicted octanol–water partition coefficient (Wildman–Crippen LogP) is 4.77. The summed E-state index contributed by atoms with van der Waals surface area (Å²) in [6.07, 6.45) is 4.79. The third kappa shape index (κ3) is 5.60. The molecule has 110 valence electrons. The summed E-state index contributed by atoms with van der Waals surface area (Å²) in [5, 5.41) is 0. The Kier molecular flexibility index (Phi) is 6.00. The van der Waals surface area contributed by atoms with Crippen molar-refractivity contribution in [1.82, 2.24) is 0 Å². The fraction of sp³-hybridized carbons (Fsp3) is 0.500. The Morgan fingerprint density at radius 2 is 1.75 bits per heavy atom. The van der Waals surface area contributed by atoms with Gasteiger partial charge in [-0.3, -0.25) is 0 Å². The molecule has 0 fully saturated rings. The summed E-state index contributed by atoms with van der Waals surface area (Å²) in [7, 11) is 0. The average Bonchev–Trinajstić information content (AvgIpc) is 2.37. The summed E-state index contributed by atoms with van der Waals surface area (Å²) in [5.74, 6) is -0.351. The maximum Gasteiger partial charge on any atom is 0.338 e. The van der Waals surface area contributed by atoms with Crippen LogP contribution >= 0.6 is 0 Å². The third-order valence-corrected chi connectivity index (χ3v) is 3.02. The molecule has 1 aromatic rings. The number of unbranched alkanes of at least 4 members (excludes halogenated alkanes) is 2. The second kappa shape index (κ2) is 7.28. The van der Waals surface area contributed by atoms with Crippen molar-refractivity contribution in [2.45, 2.75) is 59.0 Å². The molecule has 0 unspecified atom stereocenters. The minimum Gasteiger partial charge on any atom is -0.456 e. The maximum atomic E-state index is 11.9. The van der Waals surface area contributed by atoms with Gasteiger partial charge in [-0.15, -0.1) is 0 Å². The first-order chi connectivity index (χ1) is 9.33. The molecule has 0 radical (unpaired) electrons. The van der Waals surface area contributed by atoms with Crippen LogP contribution in [-0.4, -0.2) is 11.6 Å². The standard InChI is InChI=1S/C18H26O2/c1-6-7-8-9-15-10-12-16(13-11-15)14(2)17(19)20-18(3,4)5/h10-13H,2,6-9H2,1,3-5H3. The highest BCUT2D eigenvalue weighted by atomic mass is 16.6. The molecule has 1 rings (SSSR count). The molecule has 2 heteroatoms. The zero-order valence-electron chi connectivity index (χ0n) is 13.2. The molecule has 0 aliphatic heterocycles. The molecule has 0 aromatic heterocycles. The SMILES string of the molecule is C=C(C(=O)OC(C)(C)C)c1ccc(CCCCC)cc1. The summed E-state index contributed by atoms with van der Waals surface area (Å²) in [6.45, 7) is 11.6. The van der Waals surface area contributed by atoms with E-state index in [1.807, 2.05) is 32.9 Å². The van der Waals surface area contributed by atoms with Crippen LogP contribution in [0.15, 0.2) is 30.8 Å². The van der Waals surface area contributed by atoms with Crippen LogP contribution in [0.2, 0.25) is 0 Å². The van der Waals surface area contributed by atoms with Gasteiger partial charge in [0.15, 0.2) is 0 Å². The Balaban J connectivity index is 2.63. The number of rotatable bonds is 6. The van der Waals surface area contributed by atoms with E-state index in [0.717, 1.165) is 12.0 Å². The van der Waals surface area contributed by atoms with Crippen molar-refractivity contribution in [2.24, 2.45) is 0 Å². The number of benzene rings is 1. The van der Waals surface area contributed by atoms with E-state index in [2.05, 4.69) is 25.6 Å². The Hall–Kier alpha value is -1.57. The number of ether oxygens (including phenoxy) is 1. The summed E-state index contributed by atoms with van der Waals surface area (Å²) in [4.78, 5) is 11.9. The van der Waals surface area contributed by atoms with Crippen LogP contribution in [-0.2, 0) is 16.0 Å². The molecule has 2 nitrogen and oxygen atoms in total. The van der Waals surface area contributed by atoms with Gasteiger partial charge in [-0.2, -0.15) is 0 Å². The molecule has 0 amide bonds. The van der Waals surface area contributed by atoms with Crippen molar-refractivity contribution in [3.05, 3.63) is 42.0 Å². The molecule has 1 aromatic carbocycles. The van der Waals surface area contributed by atoms with Gasteiger partial charge in [0.1, 0.15) is 5.60 Å². The zero-order valence-corrected chi connectivity index (χ0v) is 13.2. The molecule has 0 saturated heterocycles. The normalized spacial score (nSPS) is 11.2. The Bertz CT molecular complexity index is 449. The molecule has 0 aliphatic carbocycles. The number of hydrogen-bond donors (Lipinski definition) is 0. The van der Waals surface area contributed by atoms with E-state index in [4.69, 9.17) is 4.74 Å². The summed E-state index contributed by atoms with van der Waals surface area (Å²) >= 11 is 0. The van der Waals surface area contributed by atoms with Crippen LogP contribution in [0.5, 0.6) is 0 Å². The van der Waals surface area contributed by atoms with Gasteiger partial charge < -0.3 is 4.74 Å². The first kappa shape index (κ1) is 16.5. The third-order valence-electron chi connectivity index (χ3n) is 3.02. The first-order valence-corrected chi connectivity index (χ1v) is 7.35. The minimum absolute atomic E-state index is 0.351. The lowest BCUT2D eigenvalue weighted by molar-refractivity contribution is -0.147. The molecule has 0 bridgehead atoms. The lowest BCUT2D eigenvalue weighted by Gasteiger charge is -2.20. The van der Waals surface area contributed by atoms with Crippen molar-refractivity contribution in [1.29, 1.82) is 0 Å². The van der Waals surface area contributed by atoms with Crippen molar-refractivity contribution < 1.29 is 9.53 Å². The van der Waals surface area contributed by atoms with Gasteiger partial charge in [-0.25, -0.2) is 4.79 Å². The van der Waals surface area contributed by atoms with Gasteiger partial charge >= 0.3 is 5.97 Å². The molecule has 0 spiro atoms. The van der Waals surface area contributed by atoms with Crippen LogP contribution in [0.4, 0.5) is 0 Å². The van der Waals surface area contributed by atoms with Crippen LogP contribution in [0.3, 0.4) is 0 Å². The van der Waals surface area contributed by atoms with Gasteiger partial charge in [-0.1, -0.05) is 50.6 Å². The number of esters is 1. The van der Waals surface area contributed by atoms with Crippen LogP contribution in [0, 0.1) is 0 Å².